The molecule has 0 aliphatic heterocycles. The van der Waals surface area contributed by atoms with Crippen LogP contribution in [0.1, 0.15) is 41.5 Å². The van der Waals surface area contributed by atoms with Gasteiger partial charge in [-0.25, -0.2) is 0 Å². The Morgan fingerprint density at radius 1 is 0.900 bits per heavy atom. The molecular weight excluding hydrogens is 372 g/mol. The molecule has 156 valence electrons. The second kappa shape index (κ2) is 10.2. The summed E-state index contributed by atoms with van der Waals surface area (Å²) in [5, 5.41) is 13.6. The van der Waals surface area contributed by atoms with E-state index in [-0.39, 0.29) is 0 Å². The fraction of sp³-hybridized carbons (Fsp3) is 0.269. The maximum atomic E-state index is 12.3. The molecule has 3 rings (SSSR count). The van der Waals surface area contributed by atoms with Gasteiger partial charge in [-0.1, -0.05) is 91.3 Å². The molecule has 0 bridgehead atoms. The van der Waals surface area contributed by atoms with Crippen LogP contribution in [0, 0.1) is 6.92 Å². The van der Waals surface area contributed by atoms with Crippen LogP contribution in [0.15, 0.2) is 84.9 Å². The molecule has 4 heteroatoms. The number of hydrogen-bond acceptors (Lipinski definition) is 3. The van der Waals surface area contributed by atoms with Crippen molar-refractivity contribution in [2.75, 3.05) is 6.54 Å². The van der Waals surface area contributed by atoms with Crippen molar-refractivity contribution in [3.05, 3.63) is 107 Å². The summed E-state index contributed by atoms with van der Waals surface area (Å²) in [6.45, 7) is 2.63. The van der Waals surface area contributed by atoms with E-state index in [1.54, 1.807) is 0 Å². The zero-order valence-corrected chi connectivity index (χ0v) is 17.4. The number of aryl methyl sites for hydroxylation is 1. The summed E-state index contributed by atoms with van der Waals surface area (Å²) in [7, 11) is 0. The highest BCUT2D eigenvalue weighted by molar-refractivity contribution is 5.74. The van der Waals surface area contributed by atoms with Gasteiger partial charge in [-0.2, -0.15) is 0 Å². The van der Waals surface area contributed by atoms with Gasteiger partial charge >= 0.3 is 5.97 Å². The zero-order chi connectivity index (χ0) is 21.4. The third-order valence-electron chi connectivity index (χ3n) is 5.60. The molecule has 4 N–H and O–H groups in total. The van der Waals surface area contributed by atoms with Crippen LogP contribution in [0.4, 0.5) is 0 Å². The number of carboxylic acids is 1. The van der Waals surface area contributed by atoms with Gasteiger partial charge in [-0.15, -0.1) is 0 Å². The Hall–Kier alpha value is -2.95. The van der Waals surface area contributed by atoms with Crippen LogP contribution >= 0.6 is 0 Å². The van der Waals surface area contributed by atoms with Crippen molar-refractivity contribution < 1.29 is 9.90 Å². The van der Waals surface area contributed by atoms with Crippen molar-refractivity contribution in [2.45, 2.75) is 37.8 Å². The molecule has 0 spiro atoms. The second-order valence-electron chi connectivity index (χ2n) is 7.62. The molecule has 3 aromatic carbocycles. The highest BCUT2D eigenvalue weighted by Gasteiger charge is 2.40. The zero-order valence-electron chi connectivity index (χ0n) is 17.4. The molecule has 0 radical (unpaired) electrons. The lowest BCUT2D eigenvalue weighted by Gasteiger charge is -2.40. The first-order valence-corrected chi connectivity index (χ1v) is 10.5. The van der Waals surface area contributed by atoms with Crippen LogP contribution in [0.5, 0.6) is 0 Å². The number of carboxylic acid groups (broad SMARTS) is 1. The Morgan fingerprint density at radius 2 is 1.43 bits per heavy atom. The molecular formula is C26H30N2O2. The summed E-state index contributed by atoms with van der Waals surface area (Å²) < 4.78 is 0. The minimum atomic E-state index is -0.850. The highest BCUT2D eigenvalue weighted by Crippen LogP contribution is 2.39. The highest BCUT2D eigenvalue weighted by atomic mass is 16.4. The van der Waals surface area contributed by atoms with Gasteiger partial charge in [0.25, 0.3) is 0 Å². The van der Waals surface area contributed by atoms with Gasteiger partial charge in [0.1, 0.15) is 6.04 Å². The lowest BCUT2D eigenvalue weighted by atomic mass is 9.74. The molecule has 0 saturated heterocycles. The van der Waals surface area contributed by atoms with Gasteiger partial charge in [0.05, 0.1) is 5.54 Å². The second-order valence-corrected chi connectivity index (χ2v) is 7.62. The molecule has 0 heterocycles. The summed E-state index contributed by atoms with van der Waals surface area (Å²) >= 11 is 0. The number of hydrogen-bond donors (Lipinski definition) is 3. The minimum absolute atomic E-state index is 0.514. The molecule has 0 fully saturated rings. The van der Waals surface area contributed by atoms with Crippen LogP contribution in [0.3, 0.4) is 0 Å². The average Bonchev–Trinajstić information content (AvgIpc) is 2.78. The number of benzene rings is 3. The quantitative estimate of drug-likeness (QED) is 0.346. The number of rotatable bonds is 10. The number of unbranched alkanes of at least 4 members (excludes halogenated alkanes) is 1. The van der Waals surface area contributed by atoms with Crippen LogP contribution in [-0.2, 0) is 10.3 Å². The van der Waals surface area contributed by atoms with E-state index in [2.05, 4.69) is 48.6 Å². The monoisotopic (exact) mass is 402 g/mol. The molecule has 0 aliphatic carbocycles. The van der Waals surface area contributed by atoms with Crippen molar-refractivity contribution in [2.24, 2.45) is 5.73 Å². The SMILES string of the molecule is Cc1ccccc1C(NC(CCCCN)C(=O)O)(c1ccccc1)c1ccccc1. The average molecular weight is 403 g/mol. The Labute approximate surface area is 178 Å². The van der Waals surface area contributed by atoms with Crippen LogP contribution in [-0.4, -0.2) is 23.7 Å². The van der Waals surface area contributed by atoms with Crippen molar-refractivity contribution >= 4 is 5.97 Å². The lowest BCUT2D eigenvalue weighted by molar-refractivity contribution is -0.140. The third kappa shape index (κ3) is 4.61. The Balaban J connectivity index is 2.23. The van der Waals surface area contributed by atoms with Crippen molar-refractivity contribution in [3.63, 3.8) is 0 Å². The van der Waals surface area contributed by atoms with Gasteiger partial charge in [0.15, 0.2) is 0 Å². The number of carbonyl (C=O) groups is 1. The van der Waals surface area contributed by atoms with Crippen molar-refractivity contribution in [1.29, 1.82) is 0 Å². The molecule has 1 unspecified atom stereocenters. The minimum Gasteiger partial charge on any atom is -0.480 e. The standard InChI is InChI=1S/C26H30N2O2/c1-20-12-8-9-17-23(20)26(21-13-4-2-5-14-21,22-15-6-3-7-16-22)28-24(25(29)30)18-10-11-19-27/h2-9,12-17,24,28H,10-11,18-19,27H2,1H3,(H,29,30). The Bertz CT molecular complexity index is 902. The van der Waals surface area contributed by atoms with Crippen molar-refractivity contribution in [1.82, 2.24) is 5.32 Å². The smallest absolute Gasteiger partial charge is 0.320 e. The molecule has 4 nitrogen and oxygen atoms in total. The topological polar surface area (TPSA) is 75.3 Å². The normalized spacial score (nSPS) is 12.5. The van der Waals surface area contributed by atoms with Crippen LogP contribution < -0.4 is 11.1 Å². The van der Waals surface area contributed by atoms with Gasteiger partial charge in [-0.05, 0) is 48.6 Å². The predicted molar refractivity (Wildman–Crippen MR) is 121 cm³/mol. The summed E-state index contributed by atoms with van der Waals surface area (Å²) in [5.74, 6) is -0.850. The summed E-state index contributed by atoms with van der Waals surface area (Å²) in [5.41, 5.74) is 9.02. The Morgan fingerprint density at radius 3 is 1.93 bits per heavy atom. The van der Waals surface area contributed by atoms with E-state index in [1.807, 2.05) is 48.5 Å². The van der Waals surface area contributed by atoms with Gasteiger partial charge in [-0.3, -0.25) is 10.1 Å². The number of aliphatic carboxylic acids is 1. The molecule has 0 amide bonds. The van der Waals surface area contributed by atoms with E-state index in [0.717, 1.165) is 35.1 Å². The van der Waals surface area contributed by atoms with Crippen LogP contribution in [0.2, 0.25) is 0 Å². The predicted octanol–water partition coefficient (Wildman–Crippen LogP) is 4.46. The summed E-state index contributed by atoms with van der Waals surface area (Å²) in [6, 6.07) is 27.7. The third-order valence-corrected chi connectivity index (χ3v) is 5.60. The molecule has 1 atom stereocenters. The van der Waals surface area contributed by atoms with Gasteiger partial charge in [0, 0.05) is 0 Å². The molecule has 0 saturated carbocycles. The Kier molecular flexibility index (Phi) is 7.39. The summed E-state index contributed by atoms with van der Waals surface area (Å²) in [6.07, 6.45) is 2.08. The largest absolute Gasteiger partial charge is 0.480 e. The fourth-order valence-corrected chi connectivity index (χ4v) is 4.10. The number of nitrogens with two attached hydrogens (primary N) is 1. The lowest BCUT2D eigenvalue weighted by Crippen LogP contribution is -2.53. The molecule has 30 heavy (non-hydrogen) atoms. The van der Waals surface area contributed by atoms with E-state index >= 15 is 0 Å². The van der Waals surface area contributed by atoms with E-state index < -0.39 is 17.6 Å². The first-order valence-electron chi connectivity index (χ1n) is 10.5. The van der Waals surface area contributed by atoms with Crippen molar-refractivity contribution in [3.8, 4) is 0 Å². The maximum absolute atomic E-state index is 12.3. The number of nitrogens with one attached hydrogen (secondary N) is 1. The fourth-order valence-electron chi connectivity index (χ4n) is 4.10. The summed E-state index contributed by atoms with van der Waals surface area (Å²) in [4.78, 5) is 12.3. The van der Waals surface area contributed by atoms with E-state index in [4.69, 9.17) is 5.73 Å². The first kappa shape index (κ1) is 21.8. The van der Waals surface area contributed by atoms with E-state index in [0.29, 0.717) is 13.0 Å². The molecule has 0 aromatic heterocycles. The van der Waals surface area contributed by atoms with Gasteiger partial charge in [0.2, 0.25) is 0 Å². The van der Waals surface area contributed by atoms with Gasteiger partial charge < -0.3 is 10.8 Å². The molecule has 0 aliphatic rings. The molecule has 3 aromatic rings. The first-order chi connectivity index (χ1) is 14.6. The van der Waals surface area contributed by atoms with E-state index in [1.165, 1.54) is 0 Å². The van der Waals surface area contributed by atoms with Crippen LogP contribution in [0.25, 0.3) is 0 Å². The van der Waals surface area contributed by atoms with E-state index in [9.17, 15) is 9.90 Å². The maximum Gasteiger partial charge on any atom is 0.320 e.